The van der Waals surface area contributed by atoms with Crippen molar-refractivity contribution in [3.63, 3.8) is 0 Å². The van der Waals surface area contributed by atoms with Gasteiger partial charge in [0.1, 0.15) is 23.3 Å². The fourth-order valence-corrected chi connectivity index (χ4v) is 5.77. The zero-order valence-electron chi connectivity index (χ0n) is 22.9. The molecule has 0 spiro atoms. The summed E-state index contributed by atoms with van der Waals surface area (Å²) >= 11 is 6.44. The first-order valence-corrected chi connectivity index (χ1v) is 13.9. The van der Waals surface area contributed by atoms with E-state index >= 15 is 0 Å². The van der Waals surface area contributed by atoms with Crippen LogP contribution in [0.3, 0.4) is 0 Å². The van der Waals surface area contributed by atoms with Crippen LogP contribution in [0.2, 0.25) is 5.02 Å². The maximum absolute atomic E-state index is 14.0. The van der Waals surface area contributed by atoms with Crippen LogP contribution in [0.5, 0.6) is 0 Å². The number of piperidine rings is 1. The number of likely N-dealkylation sites (tertiary alicyclic amines) is 2. The summed E-state index contributed by atoms with van der Waals surface area (Å²) in [7, 11) is 0. The van der Waals surface area contributed by atoms with Crippen molar-refractivity contribution >= 4 is 35.7 Å². The summed E-state index contributed by atoms with van der Waals surface area (Å²) in [6, 6.07) is 3.98. The average molecular weight is 559 g/mol. The molecule has 4 heterocycles. The Balaban J connectivity index is 1.24. The summed E-state index contributed by atoms with van der Waals surface area (Å²) in [4.78, 5) is 34.7. The Hall–Kier alpha value is -3.14. The van der Waals surface area contributed by atoms with E-state index in [2.05, 4.69) is 15.3 Å². The summed E-state index contributed by atoms with van der Waals surface area (Å²) in [5.41, 5.74) is -0.425. The second-order valence-corrected chi connectivity index (χ2v) is 12.3. The third kappa shape index (κ3) is 5.76. The van der Waals surface area contributed by atoms with E-state index in [0.717, 1.165) is 30.8 Å². The zero-order chi connectivity index (χ0) is 27.9. The van der Waals surface area contributed by atoms with Gasteiger partial charge in [0.2, 0.25) is 5.91 Å². The minimum Gasteiger partial charge on any atom is -0.444 e. The van der Waals surface area contributed by atoms with Crippen molar-refractivity contribution in [1.29, 1.82) is 0 Å². The van der Waals surface area contributed by atoms with Crippen molar-refractivity contribution in [2.45, 2.75) is 77.2 Å². The van der Waals surface area contributed by atoms with Gasteiger partial charge in [-0.2, -0.15) is 5.10 Å². The van der Waals surface area contributed by atoms with Crippen LogP contribution < -0.4 is 5.32 Å². The number of amidine groups is 1. The summed E-state index contributed by atoms with van der Waals surface area (Å²) < 4.78 is 19.5. The third-order valence-corrected chi connectivity index (χ3v) is 8.17. The molecular formula is C28H36ClFN6O3. The lowest BCUT2D eigenvalue weighted by Gasteiger charge is -2.39. The molecule has 210 valence electrons. The number of halogens is 2. The first-order valence-electron chi connectivity index (χ1n) is 13.5. The quantitative estimate of drug-likeness (QED) is 0.581. The summed E-state index contributed by atoms with van der Waals surface area (Å²) in [5, 5.41) is 9.86. The number of rotatable bonds is 3. The number of aliphatic imine (C=N–C) groups is 1. The van der Waals surface area contributed by atoms with Gasteiger partial charge in [-0.3, -0.25) is 4.79 Å². The molecule has 0 aromatic heterocycles. The second-order valence-electron chi connectivity index (χ2n) is 11.9. The number of hydrogen-bond acceptors (Lipinski definition) is 7. The maximum Gasteiger partial charge on any atom is 0.410 e. The van der Waals surface area contributed by atoms with Gasteiger partial charge in [-0.25, -0.2) is 19.2 Å². The SMILES string of the molecule is CC(C)(C)OC(=O)N1CCC(C)(C(=O)NC2C=NN3C=CC(N4CCC[C@@H]4c4cc(F)ccc4Cl)=NC23)CC1. The molecule has 39 heavy (non-hydrogen) atoms. The highest BCUT2D eigenvalue weighted by Crippen LogP contribution is 2.38. The van der Waals surface area contributed by atoms with E-state index in [1.807, 2.05) is 40.0 Å². The highest BCUT2D eigenvalue weighted by Gasteiger charge is 2.42. The van der Waals surface area contributed by atoms with E-state index in [9.17, 15) is 14.0 Å². The Kier molecular flexibility index (Phi) is 7.35. The number of fused-ring (bicyclic) bond motifs is 1. The molecular weight excluding hydrogens is 523 g/mol. The number of amides is 2. The van der Waals surface area contributed by atoms with E-state index in [1.54, 1.807) is 22.2 Å². The first-order chi connectivity index (χ1) is 18.4. The average Bonchev–Trinajstić information content (AvgIpc) is 3.52. The number of hydrazone groups is 1. The summed E-state index contributed by atoms with van der Waals surface area (Å²) in [6.45, 7) is 9.15. The summed E-state index contributed by atoms with van der Waals surface area (Å²) in [6.07, 6.45) is 7.57. The van der Waals surface area contributed by atoms with Crippen molar-refractivity contribution in [3.8, 4) is 0 Å². The molecule has 0 saturated carbocycles. The van der Waals surface area contributed by atoms with E-state index in [0.29, 0.717) is 31.0 Å². The minimum atomic E-state index is -0.620. The van der Waals surface area contributed by atoms with Gasteiger partial charge in [0, 0.05) is 36.3 Å². The van der Waals surface area contributed by atoms with Crippen molar-refractivity contribution in [2.75, 3.05) is 19.6 Å². The summed E-state index contributed by atoms with van der Waals surface area (Å²) in [5.74, 6) is 0.369. The minimum absolute atomic E-state index is 0.0763. The van der Waals surface area contributed by atoms with Gasteiger partial charge in [0.25, 0.3) is 0 Å². The van der Waals surface area contributed by atoms with Gasteiger partial charge in [0.05, 0.1) is 12.3 Å². The van der Waals surface area contributed by atoms with E-state index in [4.69, 9.17) is 21.3 Å². The Morgan fingerprint density at radius 1 is 1.21 bits per heavy atom. The highest BCUT2D eigenvalue weighted by atomic mass is 35.5. The van der Waals surface area contributed by atoms with Crippen LogP contribution in [0.4, 0.5) is 9.18 Å². The van der Waals surface area contributed by atoms with Crippen molar-refractivity contribution in [3.05, 3.63) is 46.9 Å². The van der Waals surface area contributed by atoms with E-state index in [-0.39, 0.29) is 23.9 Å². The molecule has 2 saturated heterocycles. The normalized spacial score (nSPS) is 25.9. The molecule has 0 bridgehead atoms. The van der Waals surface area contributed by atoms with Crippen LogP contribution in [0.25, 0.3) is 0 Å². The van der Waals surface area contributed by atoms with Crippen molar-refractivity contribution < 1.29 is 18.7 Å². The second kappa shape index (κ2) is 10.4. The molecule has 9 nitrogen and oxygen atoms in total. The number of hydrogen-bond donors (Lipinski definition) is 1. The fraction of sp³-hybridized carbons (Fsp3) is 0.571. The van der Waals surface area contributed by atoms with Gasteiger partial charge in [-0.15, -0.1) is 0 Å². The fourth-order valence-electron chi connectivity index (χ4n) is 5.52. The molecule has 2 unspecified atom stereocenters. The topological polar surface area (TPSA) is 89.8 Å². The number of ether oxygens (including phenoxy) is 1. The molecule has 0 aliphatic carbocycles. The van der Waals surface area contributed by atoms with E-state index in [1.165, 1.54) is 12.1 Å². The molecule has 1 aromatic rings. The number of nitrogens with one attached hydrogen (secondary N) is 1. The molecule has 2 amide bonds. The lowest BCUT2D eigenvalue weighted by Crippen LogP contribution is -2.54. The van der Waals surface area contributed by atoms with E-state index < -0.39 is 23.2 Å². The zero-order valence-corrected chi connectivity index (χ0v) is 23.6. The van der Waals surface area contributed by atoms with Crippen molar-refractivity contribution in [2.24, 2.45) is 15.5 Å². The lowest BCUT2D eigenvalue weighted by molar-refractivity contribution is -0.133. The maximum atomic E-state index is 14.0. The largest absolute Gasteiger partial charge is 0.444 e. The Bertz CT molecular complexity index is 1220. The molecule has 1 N–H and O–H groups in total. The van der Waals surface area contributed by atoms with Gasteiger partial charge in [-0.05, 0) is 76.3 Å². The van der Waals surface area contributed by atoms with Crippen LogP contribution >= 0.6 is 11.6 Å². The molecule has 11 heteroatoms. The number of nitrogens with zero attached hydrogens (tertiary/aromatic N) is 5. The number of carbonyl (C=O) groups is 2. The third-order valence-electron chi connectivity index (χ3n) is 7.82. The predicted octanol–water partition coefficient (Wildman–Crippen LogP) is 4.69. The Morgan fingerprint density at radius 3 is 2.67 bits per heavy atom. The molecule has 2 fully saturated rings. The number of benzene rings is 1. The van der Waals surface area contributed by atoms with Crippen LogP contribution in [0.15, 0.2) is 40.6 Å². The Labute approximate surface area is 233 Å². The molecule has 4 aliphatic heterocycles. The van der Waals surface area contributed by atoms with Crippen LogP contribution in [-0.2, 0) is 9.53 Å². The smallest absolute Gasteiger partial charge is 0.410 e. The first kappa shape index (κ1) is 27.4. The van der Waals surface area contributed by atoms with Gasteiger partial charge >= 0.3 is 6.09 Å². The van der Waals surface area contributed by atoms with Crippen LogP contribution in [-0.4, -0.2) is 76.3 Å². The molecule has 4 aliphatic rings. The highest BCUT2D eigenvalue weighted by molar-refractivity contribution is 6.31. The Morgan fingerprint density at radius 2 is 1.95 bits per heavy atom. The monoisotopic (exact) mass is 558 g/mol. The van der Waals surface area contributed by atoms with Gasteiger partial charge in [0.15, 0.2) is 6.17 Å². The molecule has 0 radical (unpaired) electrons. The van der Waals surface area contributed by atoms with Crippen LogP contribution in [0, 0.1) is 11.2 Å². The lowest BCUT2D eigenvalue weighted by atomic mass is 9.79. The predicted molar refractivity (Wildman–Crippen MR) is 148 cm³/mol. The standard InChI is InChI=1S/C28H36ClFN6O3/c1-27(2,3)39-26(38)34-14-10-28(4,11-15-34)25(37)32-21-17-31-36-13-9-23(33-24(21)36)35-12-5-6-22(35)19-16-18(30)7-8-20(19)29/h7-9,13,16-17,21-22,24H,5-6,10-12,14-15H2,1-4H3,(H,32,37)/t21?,22-,24?/m1/s1. The van der Waals surface area contributed by atoms with Crippen molar-refractivity contribution in [1.82, 2.24) is 20.1 Å². The molecule has 1 aromatic carbocycles. The molecule has 5 rings (SSSR count). The molecule has 3 atom stereocenters. The van der Waals surface area contributed by atoms with Gasteiger partial charge < -0.3 is 19.9 Å². The number of carbonyl (C=O) groups excluding carboxylic acids is 2. The van der Waals surface area contributed by atoms with Crippen LogP contribution in [0.1, 0.15) is 65.0 Å². The van der Waals surface area contributed by atoms with Gasteiger partial charge in [-0.1, -0.05) is 18.5 Å².